The summed E-state index contributed by atoms with van der Waals surface area (Å²) in [5.41, 5.74) is 1.39. The van der Waals surface area contributed by atoms with Crippen LogP contribution in [0.15, 0.2) is 18.3 Å². The average Bonchev–Trinajstić information content (AvgIpc) is 2.40. The summed E-state index contributed by atoms with van der Waals surface area (Å²) in [5.74, 6) is 1.18. The molecule has 3 nitrogen and oxygen atoms in total. The van der Waals surface area contributed by atoms with Gasteiger partial charge in [-0.1, -0.05) is 19.4 Å². The number of piperidine rings is 1. The normalized spacial score (nSPS) is 17.1. The maximum Gasteiger partial charge on any atom is 0.131 e. The lowest BCUT2D eigenvalue weighted by Gasteiger charge is -2.33. The Morgan fingerprint density at radius 3 is 2.88 bits per heavy atom. The predicted molar refractivity (Wildman–Crippen MR) is 72.5 cm³/mol. The minimum Gasteiger partial charge on any atom is -0.356 e. The summed E-state index contributed by atoms with van der Waals surface area (Å²) in [7, 11) is 2.19. The third-order valence-electron chi connectivity index (χ3n) is 3.58. The second kappa shape index (κ2) is 6.01. The van der Waals surface area contributed by atoms with E-state index in [4.69, 9.17) is 0 Å². The summed E-state index contributed by atoms with van der Waals surface area (Å²) in [5, 5.41) is 3.41. The lowest BCUT2D eigenvalue weighted by atomic mass is 10.0. The summed E-state index contributed by atoms with van der Waals surface area (Å²) >= 11 is 0. The van der Waals surface area contributed by atoms with Gasteiger partial charge in [-0.05, 0) is 44.0 Å². The molecule has 1 N–H and O–H groups in total. The standard InChI is InChI=1S/C14H23N3/c1-3-5-12-6-4-9-16-14(12)17(2)13-7-10-15-11-8-13/h4,6,9,13,15H,3,5,7-8,10-11H2,1-2H3. The Hall–Kier alpha value is -1.09. The predicted octanol–water partition coefficient (Wildman–Crippen LogP) is 2.22. The van der Waals surface area contributed by atoms with E-state index in [9.17, 15) is 0 Å². The molecular weight excluding hydrogens is 210 g/mol. The fourth-order valence-electron chi connectivity index (χ4n) is 2.58. The highest BCUT2D eigenvalue weighted by molar-refractivity contribution is 5.47. The molecule has 0 amide bonds. The molecule has 0 saturated carbocycles. The Morgan fingerprint density at radius 1 is 1.41 bits per heavy atom. The maximum atomic E-state index is 4.58. The van der Waals surface area contributed by atoms with Gasteiger partial charge in [0.25, 0.3) is 0 Å². The van der Waals surface area contributed by atoms with Crippen LogP contribution in [0.5, 0.6) is 0 Å². The van der Waals surface area contributed by atoms with Gasteiger partial charge in [-0.15, -0.1) is 0 Å². The molecule has 0 atom stereocenters. The van der Waals surface area contributed by atoms with Gasteiger partial charge in [0.05, 0.1) is 0 Å². The molecule has 1 aromatic rings. The van der Waals surface area contributed by atoms with E-state index in [2.05, 4.69) is 35.2 Å². The van der Waals surface area contributed by atoms with E-state index in [-0.39, 0.29) is 0 Å². The summed E-state index contributed by atoms with van der Waals surface area (Å²) in [4.78, 5) is 6.96. The SMILES string of the molecule is CCCc1cccnc1N(C)C1CCNCC1. The van der Waals surface area contributed by atoms with E-state index in [1.807, 2.05) is 12.3 Å². The van der Waals surface area contributed by atoms with Crippen molar-refractivity contribution < 1.29 is 0 Å². The summed E-state index contributed by atoms with van der Waals surface area (Å²) in [6.45, 7) is 4.48. The van der Waals surface area contributed by atoms with Crippen LogP contribution in [0.2, 0.25) is 0 Å². The van der Waals surface area contributed by atoms with Crippen molar-refractivity contribution in [2.24, 2.45) is 0 Å². The Balaban J connectivity index is 2.14. The van der Waals surface area contributed by atoms with Gasteiger partial charge in [0, 0.05) is 19.3 Å². The van der Waals surface area contributed by atoms with Crippen LogP contribution in [0.4, 0.5) is 5.82 Å². The zero-order chi connectivity index (χ0) is 12.1. The largest absolute Gasteiger partial charge is 0.356 e. The van der Waals surface area contributed by atoms with Crippen molar-refractivity contribution in [3.8, 4) is 0 Å². The van der Waals surface area contributed by atoms with Crippen molar-refractivity contribution in [1.82, 2.24) is 10.3 Å². The summed E-state index contributed by atoms with van der Waals surface area (Å²) < 4.78 is 0. The Kier molecular flexibility index (Phi) is 4.37. The van der Waals surface area contributed by atoms with Crippen LogP contribution in [0.1, 0.15) is 31.7 Å². The smallest absolute Gasteiger partial charge is 0.131 e. The number of rotatable bonds is 4. The molecule has 1 aromatic heterocycles. The zero-order valence-electron chi connectivity index (χ0n) is 10.9. The third-order valence-corrected chi connectivity index (χ3v) is 3.58. The second-order valence-electron chi connectivity index (χ2n) is 4.83. The summed E-state index contributed by atoms with van der Waals surface area (Å²) in [6.07, 6.45) is 6.65. The van der Waals surface area contributed by atoms with Crippen LogP contribution in [0.25, 0.3) is 0 Å². The average molecular weight is 233 g/mol. The fraction of sp³-hybridized carbons (Fsp3) is 0.643. The van der Waals surface area contributed by atoms with Gasteiger partial charge in [0.15, 0.2) is 0 Å². The van der Waals surface area contributed by atoms with Crippen molar-refractivity contribution in [3.05, 3.63) is 23.9 Å². The number of hydrogen-bond acceptors (Lipinski definition) is 3. The molecule has 2 rings (SSSR count). The lowest BCUT2D eigenvalue weighted by molar-refractivity contribution is 0.441. The minimum absolute atomic E-state index is 0.641. The van der Waals surface area contributed by atoms with Crippen molar-refractivity contribution in [2.45, 2.75) is 38.6 Å². The molecule has 17 heavy (non-hydrogen) atoms. The molecule has 2 heterocycles. The molecule has 0 unspecified atom stereocenters. The maximum absolute atomic E-state index is 4.58. The quantitative estimate of drug-likeness (QED) is 0.864. The van der Waals surface area contributed by atoms with Crippen molar-refractivity contribution >= 4 is 5.82 Å². The van der Waals surface area contributed by atoms with Crippen molar-refractivity contribution in [2.75, 3.05) is 25.0 Å². The van der Waals surface area contributed by atoms with Gasteiger partial charge in [0.1, 0.15) is 5.82 Å². The number of aryl methyl sites for hydroxylation is 1. The molecule has 0 bridgehead atoms. The lowest BCUT2D eigenvalue weighted by Crippen LogP contribution is -2.41. The van der Waals surface area contributed by atoms with Crippen molar-refractivity contribution in [1.29, 1.82) is 0 Å². The first kappa shape index (κ1) is 12.4. The van der Waals surface area contributed by atoms with Crippen molar-refractivity contribution in [3.63, 3.8) is 0 Å². The van der Waals surface area contributed by atoms with Gasteiger partial charge < -0.3 is 10.2 Å². The second-order valence-corrected chi connectivity index (χ2v) is 4.83. The van der Waals surface area contributed by atoms with Crippen LogP contribution in [0.3, 0.4) is 0 Å². The Morgan fingerprint density at radius 2 is 2.18 bits per heavy atom. The van der Waals surface area contributed by atoms with E-state index in [1.54, 1.807) is 0 Å². The molecule has 0 aromatic carbocycles. The highest BCUT2D eigenvalue weighted by Crippen LogP contribution is 2.22. The fourth-order valence-corrected chi connectivity index (χ4v) is 2.58. The van der Waals surface area contributed by atoms with Gasteiger partial charge in [0.2, 0.25) is 0 Å². The molecule has 1 saturated heterocycles. The molecule has 0 aliphatic carbocycles. The highest BCUT2D eigenvalue weighted by Gasteiger charge is 2.20. The van der Waals surface area contributed by atoms with Gasteiger partial charge in [-0.2, -0.15) is 0 Å². The zero-order valence-corrected chi connectivity index (χ0v) is 10.9. The first-order chi connectivity index (χ1) is 8.33. The minimum atomic E-state index is 0.641. The Bertz CT molecular complexity index is 345. The molecule has 1 fully saturated rings. The summed E-state index contributed by atoms with van der Waals surface area (Å²) in [6, 6.07) is 4.90. The molecule has 0 spiro atoms. The highest BCUT2D eigenvalue weighted by atomic mass is 15.2. The van der Waals surface area contributed by atoms with E-state index in [0.717, 1.165) is 19.5 Å². The topological polar surface area (TPSA) is 28.2 Å². The number of anilines is 1. The molecular formula is C14H23N3. The van der Waals surface area contributed by atoms with Gasteiger partial charge in [-0.25, -0.2) is 4.98 Å². The van der Waals surface area contributed by atoms with Crippen LogP contribution in [-0.2, 0) is 6.42 Å². The number of nitrogens with one attached hydrogen (secondary N) is 1. The number of pyridine rings is 1. The van der Waals surface area contributed by atoms with Crippen LogP contribution in [0, 0.1) is 0 Å². The van der Waals surface area contributed by atoms with Gasteiger partial charge in [-0.3, -0.25) is 0 Å². The first-order valence-electron chi connectivity index (χ1n) is 6.70. The molecule has 0 radical (unpaired) electrons. The number of nitrogens with zero attached hydrogens (tertiary/aromatic N) is 2. The Labute approximate surface area is 104 Å². The van der Waals surface area contributed by atoms with Crippen LogP contribution in [-0.4, -0.2) is 31.2 Å². The molecule has 1 aliphatic heterocycles. The van der Waals surface area contributed by atoms with Crippen LogP contribution >= 0.6 is 0 Å². The van der Waals surface area contributed by atoms with Crippen LogP contribution < -0.4 is 10.2 Å². The molecule has 94 valence electrons. The van der Waals surface area contributed by atoms with E-state index in [1.165, 1.54) is 30.6 Å². The first-order valence-corrected chi connectivity index (χ1v) is 6.70. The number of aromatic nitrogens is 1. The number of hydrogen-bond donors (Lipinski definition) is 1. The van der Waals surface area contributed by atoms with E-state index >= 15 is 0 Å². The van der Waals surface area contributed by atoms with E-state index < -0.39 is 0 Å². The third kappa shape index (κ3) is 2.97. The van der Waals surface area contributed by atoms with E-state index in [0.29, 0.717) is 6.04 Å². The molecule has 3 heteroatoms. The molecule has 1 aliphatic rings. The van der Waals surface area contributed by atoms with Gasteiger partial charge >= 0.3 is 0 Å². The monoisotopic (exact) mass is 233 g/mol.